The van der Waals surface area contributed by atoms with E-state index in [4.69, 9.17) is 23.7 Å². The lowest BCUT2D eigenvalue weighted by Gasteiger charge is -2.35. The molecule has 0 aliphatic carbocycles. The Hall–Kier alpha value is -0.930. The van der Waals surface area contributed by atoms with Crippen molar-refractivity contribution in [2.24, 2.45) is 0 Å². The fourth-order valence-electron chi connectivity index (χ4n) is 4.07. The molecule has 8 nitrogen and oxygen atoms in total. The van der Waals surface area contributed by atoms with E-state index in [1.54, 1.807) is 0 Å². The number of carbonyl (C=O) groups excluding carboxylic acids is 1. The summed E-state index contributed by atoms with van der Waals surface area (Å²) in [5.74, 6) is -0.549. The second-order valence-electron chi connectivity index (χ2n) is 9.41. The third-order valence-corrected chi connectivity index (χ3v) is 5.18. The number of rotatable bonds is 5. The molecule has 0 spiro atoms. The van der Waals surface area contributed by atoms with E-state index in [1.165, 1.54) is 0 Å². The number of hydrogen-bond donors (Lipinski definition) is 1. The van der Waals surface area contributed by atoms with Crippen molar-refractivity contribution in [1.82, 2.24) is 10.2 Å². The molecule has 0 aromatic carbocycles. The quantitative estimate of drug-likeness (QED) is 0.755. The van der Waals surface area contributed by atoms with Crippen LogP contribution < -0.4 is 5.32 Å². The molecule has 8 heteroatoms. The van der Waals surface area contributed by atoms with Crippen molar-refractivity contribution in [2.75, 3.05) is 32.8 Å². The molecule has 0 saturated carbocycles. The maximum absolute atomic E-state index is 11.8. The van der Waals surface area contributed by atoms with E-state index in [2.05, 4.69) is 10.2 Å². The topological polar surface area (TPSA) is 78.5 Å². The maximum atomic E-state index is 11.8. The van der Waals surface area contributed by atoms with E-state index in [-0.39, 0.29) is 36.6 Å². The monoisotopic (exact) mass is 400 g/mol. The standard InChI is InChI=1S/C20H36N2O6/c1-13-16-17(27-20(5,6)26-16)15(25-13)12-22-9-10-24-14(11-22)7-8-21-18(23)28-19(2,3)4/h13-17H,7-12H2,1-6H3,(H,21,23)/t13-,14?,15+,16-,17+/m0/s1. The first-order valence-electron chi connectivity index (χ1n) is 10.3. The number of fused-ring (bicyclic) bond motifs is 1. The lowest BCUT2D eigenvalue weighted by Crippen LogP contribution is -2.48. The van der Waals surface area contributed by atoms with Gasteiger partial charge in [-0.05, 0) is 48.0 Å². The van der Waals surface area contributed by atoms with Gasteiger partial charge in [0.2, 0.25) is 0 Å². The molecule has 3 rings (SSSR count). The van der Waals surface area contributed by atoms with Crippen molar-refractivity contribution in [1.29, 1.82) is 0 Å². The Bertz CT molecular complexity index is 549. The summed E-state index contributed by atoms with van der Waals surface area (Å²) in [4.78, 5) is 14.1. The Morgan fingerprint density at radius 3 is 2.68 bits per heavy atom. The van der Waals surface area contributed by atoms with Crippen LogP contribution in [0.3, 0.4) is 0 Å². The first kappa shape index (κ1) is 21.8. The molecule has 3 saturated heterocycles. The van der Waals surface area contributed by atoms with Crippen molar-refractivity contribution in [3.63, 3.8) is 0 Å². The summed E-state index contributed by atoms with van der Waals surface area (Å²) < 4.78 is 29.3. The second kappa shape index (κ2) is 8.44. The highest BCUT2D eigenvalue weighted by Gasteiger charge is 2.53. The maximum Gasteiger partial charge on any atom is 0.407 e. The number of carbonyl (C=O) groups is 1. The predicted octanol–water partition coefficient (Wildman–Crippen LogP) is 1.91. The minimum Gasteiger partial charge on any atom is -0.444 e. The lowest BCUT2D eigenvalue weighted by atomic mass is 10.1. The van der Waals surface area contributed by atoms with Gasteiger partial charge in [0.1, 0.15) is 17.8 Å². The molecule has 5 atom stereocenters. The Morgan fingerprint density at radius 2 is 1.96 bits per heavy atom. The minimum atomic E-state index is -0.549. The van der Waals surface area contributed by atoms with Crippen LogP contribution in [0.4, 0.5) is 4.79 Å². The van der Waals surface area contributed by atoms with Gasteiger partial charge in [0.25, 0.3) is 0 Å². The molecule has 3 aliphatic rings. The van der Waals surface area contributed by atoms with Gasteiger partial charge < -0.3 is 29.0 Å². The normalized spacial score (nSPS) is 35.6. The van der Waals surface area contributed by atoms with Crippen molar-refractivity contribution in [3.8, 4) is 0 Å². The number of morpholine rings is 1. The van der Waals surface area contributed by atoms with Crippen molar-refractivity contribution >= 4 is 6.09 Å². The zero-order valence-corrected chi connectivity index (χ0v) is 18.0. The van der Waals surface area contributed by atoms with Crippen LogP contribution in [0.5, 0.6) is 0 Å². The highest BCUT2D eigenvalue weighted by molar-refractivity contribution is 5.67. The Balaban J connectivity index is 1.42. The number of hydrogen-bond acceptors (Lipinski definition) is 7. The Kier molecular flexibility index (Phi) is 6.56. The molecule has 3 heterocycles. The van der Waals surface area contributed by atoms with Crippen LogP contribution in [0.1, 0.15) is 48.0 Å². The first-order valence-corrected chi connectivity index (χ1v) is 10.3. The van der Waals surface area contributed by atoms with Gasteiger partial charge in [-0.15, -0.1) is 0 Å². The molecule has 3 aliphatic heterocycles. The number of alkyl carbamates (subject to hydrolysis) is 1. The van der Waals surface area contributed by atoms with Gasteiger partial charge in [0.05, 0.1) is 24.9 Å². The molecule has 0 bridgehead atoms. The SMILES string of the molecule is C[C@@H]1O[C@H](CN2CCOC(CCNC(=O)OC(C)(C)C)C2)[C@H]2OC(C)(C)O[C@H]21. The third-order valence-electron chi connectivity index (χ3n) is 5.18. The summed E-state index contributed by atoms with van der Waals surface area (Å²) in [5, 5.41) is 2.80. The predicted molar refractivity (Wildman–Crippen MR) is 103 cm³/mol. The molecular weight excluding hydrogens is 364 g/mol. The van der Waals surface area contributed by atoms with E-state index < -0.39 is 11.4 Å². The Labute approximate surface area is 168 Å². The van der Waals surface area contributed by atoms with Gasteiger partial charge in [-0.1, -0.05) is 0 Å². The lowest BCUT2D eigenvalue weighted by molar-refractivity contribution is -0.187. The number of nitrogens with zero attached hydrogens (tertiary/aromatic N) is 1. The number of nitrogens with one attached hydrogen (secondary N) is 1. The molecule has 1 N–H and O–H groups in total. The smallest absolute Gasteiger partial charge is 0.407 e. The fourth-order valence-corrected chi connectivity index (χ4v) is 4.07. The largest absolute Gasteiger partial charge is 0.444 e. The van der Waals surface area contributed by atoms with Gasteiger partial charge >= 0.3 is 6.09 Å². The second-order valence-corrected chi connectivity index (χ2v) is 9.41. The van der Waals surface area contributed by atoms with Crippen LogP contribution in [-0.4, -0.2) is 85.7 Å². The van der Waals surface area contributed by atoms with Crippen LogP contribution in [0.2, 0.25) is 0 Å². The number of ether oxygens (including phenoxy) is 5. The average Bonchev–Trinajstić information content (AvgIpc) is 3.01. The van der Waals surface area contributed by atoms with E-state index in [1.807, 2.05) is 41.5 Å². The third kappa shape index (κ3) is 5.79. The van der Waals surface area contributed by atoms with Gasteiger partial charge in [0, 0.05) is 26.2 Å². The van der Waals surface area contributed by atoms with Crippen molar-refractivity contribution in [3.05, 3.63) is 0 Å². The van der Waals surface area contributed by atoms with Crippen molar-refractivity contribution in [2.45, 2.75) is 89.9 Å². The van der Waals surface area contributed by atoms with Gasteiger partial charge in [-0.2, -0.15) is 0 Å². The zero-order valence-electron chi connectivity index (χ0n) is 18.0. The summed E-state index contributed by atoms with van der Waals surface area (Å²) >= 11 is 0. The molecular formula is C20H36N2O6. The van der Waals surface area contributed by atoms with Gasteiger partial charge in [-0.25, -0.2) is 4.79 Å². The molecule has 28 heavy (non-hydrogen) atoms. The molecule has 1 amide bonds. The first-order chi connectivity index (χ1) is 13.0. The molecule has 0 aromatic rings. The highest BCUT2D eigenvalue weighted by atomic mass is 16.8. The van der Waals surface area contributed by atoms with E-state index >= 15 is 0 Å². The molecule has 0 aromatic heterocycles. The summed E-state index contributed by atoms with van der Waals surface area (Å²) in [7, 11) is 0. The summed E-state index contributed by atoms with van der Waals surface area (Å²) in [5.41, 5.74) is -0.487. The fraction of sp³-hybridized carbons (Fsp3) is 0.950. The molecule has 3 fully saturated rings. The molecule has 1 unspecified atom stereocenters. The van der Waals surface area contributed by atoms with Crippen LogP contribution >= 0.6 is 0 Å². The summed E-state index contributed by atoms with van der Waals surface area (Å²) in [6.45, 7) is 15.2. The number of amides is 1. The summed E-state index contributed by atoms with van der Waals surface area (Å²) in [6.07, 6.45) is 0.439. The van der Waals surface area contributed by atoms with Crippen LogP contribution in [0.25, 0.3) is 0 Å². The Morgan fingerprint density at radius 1 is 1.25 bits per heavy atom. The minimum absolute atomic E-state index is 0.000383. The van der Waals surface area contributed by atoms with E-state index in [0.29, 0.717) is 13.2 Å². The van der Waals surface area contributed by atoms with Crippen molar-refractivity contribution < 1.29 is 28.5 Å². The molecule has 162 valence electrons. The van der Waals surface area contributed by atoms with E-state index in [9.17, 15) is 4.79 Å². The molecule has 0 radical (unpaired) electrons. The van der Waals surface area contributed by atoms with Gasteiger partial charge in [-0.3, -0.25) is 4.90 Å². The van der Waals surface area contributed by atoms with Crippen LogP contribution in [0.15, 0.2) is 0 Å². The van der Waals surface area contributed by atoms with E-state index in [0.717, 1.165) is 26.1 Å². The average molecular weight is 401 g/mol. The van der Waals surface area contributed by atoms with Gasteiger partial charge in [0.15, 0.2) is 5.79 Å². The highest BCUT2D eigenvalue weighted by Crippen LogP contribution is 2.38. The zero-order chi connectivity index (χ0) is 20.5. The van der Waals surface area contributed by atoms with Crippen LogP contribution in [0, 0.1) is 0 Å². The summed E-state index contributed by atoms with van der Waals surface area (Å²) in [6, 6.07) is 0. The van der Waals surface area contributed by atoms with Crippen LogP contribution in [-0.2, 0) is 23.7 Å².